The smallest absolute Gasteiger partial charge is 0.145 e. The van der Waals surface area contributed by atoms with E-state index in [-0.39, 0.29) is 5.82 Å². The summed E-state index contributed by atoms with van der Waals surface area (Å²) in [5.74, 6) is -0.00676. The fourth-order valence-electron chi connectivity index (χ4n) is 1.66. The summed E-state index contributed by atoms with van der Waals surface area (Å²) in [5, 5.41) is 4.31. The summed E-state index contributed by atoms with van der Waals surface area (Å²) >= 11 is 0. The molecule has 0 amide bonds. The molecular weight excluding hydrogens is 233 g/mol. The lowest BCUT2D eigenvalue weighted by molar-refractivity contribution is 0.295. The average molecular weight is 249 g/mol. The molecule has 96 valence electrons. The highest BCUT2D eigenvalue weighted by atomic mass is 19.1. The fourth-order valence-corrected chi connectivity index (χ4v) is 1.66. The Morgan fingerprint density at radius 2 is 2.17 bits per heavy atom. The van der Waals surface area contributed by atoms with Gasteiger partial charge in [0.25, 0.3) is 0 Å². The molecule has 0 atom stereocenters. The van der Waals surface area contributed by atoms with Crippen LogP contribution in [0.4, 0.5) is 10.1 Å². The second-order valence-electron chi connectivity index (χ2n) is 4.07. The Morgan fingerprint density at radius 3 is 2.83 bits per heavy atom. The second kappa shape index (κ2) is 5.08. The van der Waals surface area contributed by atoms with Crippen LogP contribution in [0.2, 0.25) is 0 Å². The topological polar surface area (TPSA) is 53.1 Å². The van der Waals surface area contributed by atoms with Gasteiger partial charge in [-0.15, -0.1) is 0 Å². The van der Waals surface area contributed by atoms with Crippen LogP contribution in [0, 0.1) is 5.82 Å². The summed E-state index contributed by atoms with van der Waals surface area (Å²) in [4.78, 5) is 0. The zero-order chi connectivity index (χ0) is 13.1. The molecule has 0 saturated heterocycles. The number of aryl methyl sites for hydroxylation is 2. The number of halogens is 1. The lowest BCUT2D eigenvalue weighted by Crippen LogP contribution is -2.04. The normalized spacial score (nSPS) is 10.6. The lowest BCUT2D eigenvalue weighted by atomic mass is 10.3. The molecule has 1 heterocycles. The molecule has 0 aliphatic rings. The lowest BCUT2D eigenvalue weighted by Gasteiger charge is -2.08. The number of aromatic nitrogens is 2. The second-order valence-corrected chi connectivity index (χ2v) is 4.07. The van der Waals surface area contributed by atoms with Gasteiger partial charge in [-0.05, 0) is 24.6 Å². The van der Waals surface area contributed by atoms with Crippen molar-refractivity contribution in [2.24, 2.45) is 7.05 Å². The van der Waals surface area contributed by atoms with E-state index < -0.39 is 0 Å². The number of nitrogens with zero attached hydrogens (tertiary/aromatic N) is 2. The number of nitrogen functional groups attached to an aromatic ring is 1. The van der Waals surface area contributed by atoms with E-state index in [0.717, 1.165) is 17.8 Å². The van der Waals surface area contributed by atoms with Crippen molar-refractivity contribution in [3.8, 4) is 5.75 Å². The Kier molecular flexibility index (Phi) is 3.50. The van der Waals surface area contributed by atoms with E-state index in [4.69, 9.17) is 10.5 Å². The third-order valence-corrected chi connectivity index (χ3v) is 2.74. The molecule has 0 bridgehead atoms. The highest BCUT2D eigenvalue weighted by Gasteiger charge is 2.07. The standard InChI is InChI=1S/C13H16FN3O/c1-3-10-7-11(17(2)16-10)8-18-13-6-9(14)4-5-12(13)15/h4-7H,3,8,15H2,1-2H3. The van der Waals surface area contributed by atoms with Gasteiger partial charge < -0.3 is 10.5 Å². The molecule has 0 saturated carbocycles. The predicted molar refractivity (Wildman–Crippen MR) is 67.7 cm³/mol. The molecule has 2 N–H and O–H groups in total. The molecule has 0 radical (unpaired) electrons. The quantitative estimate of drug-likeness (QED) is 0.846. The molecule has 1 aromatic heterocycles. The van der Waals surface area contributed by atoms with Crippen molar-refractivity contribution in [1.82, 2.24) is 9.78 Å². The first-order valence-corrected chi connectivity index (χ1v) is 5.79. The maximum atomic E-state index is 13.1. The minimum atomic E-state index is -0.363. The third kappa shape index (κ3) is 2.61. The van der Waals surface area contributed by atoms with Crippen LogP contribution in [0.25, 0.3) is 0 Å². The van der Waals surface area contributed by atoms with Crippen LogP contribution in [0.1, 0.15) is 18.3 Å². The van der Waals surface area contributed by atoms with Gasteiger partial charge in [0, 0.05) is 13.1 Å². The van der Waals surface area contributed by atoms with Crippen LogP contribution in [0.5, 0.6) is 5.75 Å². The number of hydrogen-bond donors (Lipinski definition) is 1. The van der Waals surface area contributed by atoms with Crippen molar-refractivity contribution < 1.29 is 9.13 Å². The molecule has 0 aliphatic heterocycles. The maximum Gasteiger partial charge on any atom is 0.145 e. The molecule has 4 nitrogen and oxygen atoms in total. The van der Waals surface area contributed by atoms with Crippen LogP contribution in [-0.2, 0) is 20.1 Å². The van der Waals surface area contributed by atoms with Gasteiger partial charge in [-0.2, -0.15) is 5.10 Å². The minimum Gasteiger partial charge on any atom is -0.485 e. The minimum absolute atomic E-state index is 0.317. The van der Waals surface area contributed by atoms with Gasteiger partial charge in [-0.1, -0.05) is 6.92 Å². The van der Waals surface area contributed by atoms with E-state index in [9.17, 15) is 4.39 Å². The van der Waals surface area contributed by atoms with E-state index in [1.807, 2.05) is 20.0 Å². The first-order chi connectivity index (χ1) is 8.60. The van der Waals surface area contributed by atoms with Gasteiger partial charge in [-0.25, -0.2) is 4.39 Å². The van der Waals surface area contributed by atoms with Crippen LogP contribution < -0.4 is 10.5 Å². The number of benzene rings is 1. The average Bonchev–Trinajstić information content (AvgIpc) is 2.71. The van der Waals surface area contributed by atoms with Crippen molar-refractivity contribution in [2.75, 3.05) is 5.73 Å². The fraction of sp³-hybridized carbons (Fsp3) is 0.308. The summed E-state index contributed by atoms with van der Waals surface area (Å²) in [6.45, 7) is 2.36. The van der Waals surface area contributed by atoms with Gasteiger partial charge in [0.1, 0.15) is 18.2 Å². The van der Waals surface area contributed by atoms with Crippen LogP contribution in [0.15, 0.2) is 24.3 Å². The molecule has 2 aromatic rings. The van der Waals surface area contributed by atoms with Crippen LogP contribution in [-0.4, -0.2) is 9.78 Å². The summed E-state index contributed by atoms with van der Waals surface area (Å²) in [5.41, 5.74) is 8.06. The molecule has 5 heteroatoms. The van der Waals surface area contributed by atoms with E-state index in [1.165, 1.54) is 18.2 Å². The molecule has 0 fully saturated rings. The Hall–Kier alpha value is -2.04. The maximum absolute atomic E-state index is 13.1. The van der Waals surface area contributed by atoms with Crippen molar-refractivity contribution in [2.45, 2.75) is 20.0 Å². The van der Waals surface area contributed by atoms with Crippen LogP contribution >= 0.6 is 0 Å². The number of rotatable bonds is 4. The van der Waals surface area contributed by atoms with Crippen molar-refractivity contribution in [1.29, 1.82) is 0 Å². The van der Waals surface area contributed by atoms with E-state index in [2.05, 4.69) is 5.10 Å². The number of nitrogens with two attached hydrogens (primary N) is 1. The number of hydrogen-bond acceptors (Lipinski definition) is 3. The summed E-state index contributed by atoms with van der Waals surface area (Å²) < 4.78 is 20.3. The molecule has 2 rings (SSSR count). The first kappa shape index (κ1) is 12.4. The van der Waals surface area contributed by atoms with Crippen molar-refractivity contribution in [3.63, 3.8) is 0 Å². The van der Waals surface area contributed by atoms with Gasteiger partial charge in [0.2, 0.25) is 0 Å². The Labute approximate surface area is 105 Å². The first-order valence-electron chi connectivity index (χ1n) is 5.79. The zero-order valence-electron chi connectivity index (χ0n) is 10.5. The highest BCUT2D eigenvalue weighted by Crippen LogP contribution is 2.23. The van der Waals surface area contributed by atoms with E-state index in [0.29, 0.717) is 18.0 Å². The monoisotopic (exact) mass is 249 g/mol. The Balaban J connectivity index is 2.11. The largest absolute Gasteiger partial charge is 0.485 e. The van der Waals surface area contributed by atoms with Gasteiger partial charge in [-0.3, -0.25) is 4.68 Å². The molecule has 0 unspecified atom stereocenters. The number of anilines is 1. The molecule has 0 spiro atoms. The Bertz CT molecular complexity index is 551. The van der Waals surface area contributed by atoms with Gasteiger partial charge in [0.15, 0.2) is 0 Å². The SMILES string of the molecule is CCc1cc(COc2cc(F)ccc2N)n(C)n1. The third-order valence-electron chi connectivity index (χ3n) is 2.74. The summed E-state index contributed by atoms with van der Waals surface area (Å²) in [7, 11) is 1.85. The summed E-state index contributed by atoms with van der Waals surface area (Å²) in [6, 6.07) is 6.05. The molecule has 18 heavy (non-hydrogen) atoms. The molecular formula is C13H16FN3O. The van der Waals surface area contributed by atoms with Gasteiger partial charge in [0.05, 0.1) is 17.1 Å². The predicted octanol–water partition coefficient (Wildman–Crippen LogP) is 2.28. The van der Waals surface area contributed by atoms with E-state index >= 15 is 0 Å². The highest BCUT2D eigenvalue weighted by molar-refractivity contribution is 5.52. The van der Waals surface area contributed by atoms with Crippen LogP contribution in [0.3, 0.4) is 0 Å². The van der Waals surface area contributed by atoms with Crippen molar-refractivity contribution in [3.05, 3.63) is 41.5 Å². The molecule has 0 aliphatic carbocycles. The van der Waals surface area contributed by atoms with Gasteiger partial charge >= 0.3 is 0 Å². The number of ether oxygens (including phenoxy) is 1. The summed E-state index contributed by atoms with van der Waals surface area (Å²) in [6.07, 6.45) is 0.871. The van der Waals surface area contributed by atoms with Crippen molar-refractivity contribution >= 4 is 5.69 Å². The van der Waals surface area contributed by atoms with E-state index in [1.54, 1.807) is 4.68 Å². The zero-order valence-corrected chi connectivity index (χ0v) is 10.5. The molecule has 1 aromatic carbocycles. The Morgan fingerprint density at radius 1 is 1.39 bits per heavy atom.